The molecule has 2 nitrogen and oxygen atoms in total. The quantitative estimate of drug-likeness (QED) is 0.631. The van der Waals surface area contributed by atoms with Gasteiger partial charge in [-0.2, -0.15) is 10.2 Å². The van der Waals surface area contributed by atoms with E-state index >= 15 is 0 Å². The van der Waals surface area contributed by atoms with Crippen LogP contribution in [0.5, 0.6) is 0 Å². The molecule has 1 saturated carbocycles. The standard InChI is InChI=1S/C11H12N2.2C2H6/c1-2-7-3-4-8-9-6-11(9)13-12-10(8)5-7;2*1-2/h3-5,9,11H,2,6H2,1H3;2*1-2H3. The monoisotopic (exact) mass is 232 g/mol. The summed E-state index contributed by atoms with van der Waals surface area (Å²) in [6.45, 7) is 10.2. The molecule has 0 saturated heterocycles. The lowest BCUT2D eigenvalue weighted by Crippen LogP contribution is -1.92. The lowest BCUT2D eigenvalue weighted by molar-refractivity contribution is 0.872. The minimum Gasteiger partial charge on any atom is -0.185 e. The molecule has 1 heterocycles. The highest BCUT2D eigenvalue weighted by molar-refractivity contribution is 5.54. The number of azo groups is 1. The van der Waals surface area contributed by atoms with Crippen molar-refractivity contribution in [2.45, 2.75) is 59.4 Å². The van der Waals surface area contributed by atoms with Gasteiger partial charge in [0.1, 0.15) is 0 Å². The summed E-state index contributed by atoms with van der Waals surface area (Å²) in [5.74, 6) is 0.693. The third-order valence-corrected chi connectivity index (χ3v) is 2.97. The zero-order valence-electron chi connectivity index (χ0n) is 11.7. The van der Waals surface area contributed by atoms with E-state index in [4.69, 9.17) is 0 Å². The van der Waals surface area contributed by atoms with E-state index in [1.807, 2.05) is 27.7 Å². The van der Waals surface area contributed by atoms with Crippen LogP contribution in [0.15, 0.2) is 28.4 Å². The molecule has 17 heavy (non-hydrogen) atoms. The second-order valence-corrected chi connectivity index (χ2v) is 3.87. The first-order valence-electron chi connectivity index (χ1n) is 6.92. The fourth-order valence-electron chi connectivity index (χ4n) is 1.99. The number of hydrogen-bond acceptors (Lipinski definition) is 2. The molecule has 0 N–H and O–H groups in total. The number of aryl methyl sites for hydroxylation is 1. The van der Waals surface area contributed by atoms with E-state index in [-0.39, 0.29) is 0 Å². The number of rotatable bonds is 1. The fourth-order valence-corrected chi connectivity index (χ4v) is 1.99. The Labute approximate surface area is 105 Å². The highest BCUT2D eigenvalue weighted by Gasteiger charge is 2.42. The Kier molecular flexibility index (Phi) is 5.33. The van der Waals surface area contributed by atoms with Crippen molar-refractivity contribution in [1.82, 2.24) is 0 Å². The summed E-state index contributed by atoms with van der Waals surface area (Å²) in [5, 5.41) is 8.49. The SMILES string of the molecule is CC.CC.CCc1ccc2c(c1)N=NC1CC21. The minimum absolute atomic E-state index is 0.514. The first-order valence-corrected chi connectivity index (χ1v) is 6.92. The van der Waals surface area contributed by atoms with Crippen molar-refractivity contribution in [3.63, 3.8) is 0 Å². The fraction of sp³-hybridized carbons (Fsp3) is 0.600. The average molecular weight is 232 g/mol. The van der Waals surface area contributed by atoms with Crippen LogP contribution in [0.1, 0.15) is 58.1 Å². The van der Waals surface area contributed by atoms with E-state index < -0.39 is 0 Å². The molecule has 2 atom stereocenters. The summed E-state index contributed by atoms with van der Waals surface area (Å²) in [6, 6.07) is 7.14. The van der Waals surface area contributed by atoms with Crippen LogP contribution < -0.4 is 0 Å². The largest absolute Gasteiger partial charge is 0.185 e. The number of hydrogen-bond donors (Lipinski definition) is 0. The van der Waals surface area contributed by atoms with Crippen LogP contribution >= 0.6 is 0 Å². The van der Waals surface area contributed by atoms with Gasteiger partial charge in [-0.1, -0.05) is 46.8 Å². The Bertz CT molecular complexity index is 383. The van der Waals surface area contributed by atoms with Crippen molar-refractivity contribution in [1.29, 1.82) is 0 Å². The molecule has 0 radical (unpaired) electrons. The molecule has 2 heteroatoms. The van der Waals surface area contributed by atoms with Crippen LogP contribution in [-0.4, -0.2) is 6.04 Å². The van der Waals surface area contributed by atoms with Gasteiger partial charge in [0.15, 0.2) is 0 Å². The first-order chi connectivity index (χ1) is 8.38. The molecule has 0 bridgehead atoms. The van der Waals surface area contributed by atoms with Crippen LogP contribution in [0.3, 0.4) is 0 Å². The summed E-state index contributed by atoms with van der Waals surface area (Å²) < 4.78 is 0. The highest BCUT2D eigenvalue weighted by atomic mass is 15.2. The van der Waals surface area contributed by atoms with Crippen molar-refractivity contribution in [2.24, 2.45) is 10.2 Å². The van der Waals surface area contributed by atoms with Crippen LogP contribution in [0.25, 0.3) is 0 Å². The summed E-state index contributed by atoms with van der Waals surface area (Å²) in [4.78, 5) is 0. The zero-order valence-corrected chi connectivity index (χ0v) is 11.7. The molecule has 1 aromatic rings. The zero-order chi connectivity index (χ0) is 12.8. The maximum absolute atomic E-state index is 4.25. The van der Waals surface area contributed by atoms with Crippen LogP contribution in [0, 0.1) is 0 Å². The van der Waals surface area contributed by atoms with Gasteiger partial charge in [0.05, 0.1) is 11.7 Å². The normalized spacial score (nSPS) is 22.2. The van der Waals surface area contributed by atoms with Gasteiger partial charge >= 0.3 is 0 Å². The maximum Gasteiger partial charge on any atom is 0.0890 e. The van der Waals surface area contributed by atoms with Crippen molar-refractivity contribution in [3.05, 3.63) is 29.3 Å². The Balaban J connectivity index is 0.000000330. The summed E-state index contributed by atoms with van der Waals surface area (Å²) >= 11 is 0. The smallest absolute Gasteiger partial charge is 0.0890 e. The lowest BCUT2D eigenvalue weighted by Gasteiger charge is -2.08. The Hall–Kier alpha value is -1.18. The number of nitrogens with zero attached hydrogens (tertiary/aromatic N) is 2. The van der Waals surface area contributed by atoms with Gasteiger partial charge in [-0.15, -0.1) is 0 Å². The van der Waals surface area contributed by atoms with Crippen LogP contribution in [-0.2, 0) is 6.42 Å². The predicted octanol–water partition coefficient (Wildman–Crippen LogP) is 5.25. The van der Waals surface area contributed by atoms with E-state index in [1.54, 1.807) is 0 Å². The van der Waals surface area contributed by atoms with Gasteiger partial charge in [0.25, 0.3) is 0 Å². The first kappa shape index (κ1) is 13.9. The van der Waals surface area contributed by atoms with Gasteiger partial charge in [-0.05, 0) is 30.0 Å². The Morgan fingerprint density at radius 2 is 1.88 bits per heavy atom. The van der Waals surface area contributed by atoms with E-state index in [0.29, 0.717) is 12.0 Å². The Morgan fingerprint density at radius 1 is 1.18 bits per heavy atom. The predicted molar refractivity (Wildman–Crippen MR) is 74.2 cm³/mol. The second kappa shape index (κ2) is 6.53. The third kappa shape index (κ3) is 2.93. The molecule has 2 aliphatic rings. The molecule has 0 aromatic heterocycles. The lowest BCUT2D eigenvalue weighted by atomic mass is 10.0. The summed E-state index contributed by atoms with van der Waals surface area (Å²) in [6.07, 6.45) is 2.29. The molecule has 2 unspecified atom stereocenters. The maximum atomic E-state index is 4.25. The van der Waals surface area contributed by atoms with Gasteiger partial charge in [0, 0.05) is 5.92 Å². The molecule has 1 fully saturated rings. The van der Waals surface area contributed by atoms with E-state index in [0.717, 1.165) is 12.1 Å². The topological polar surface area (TPSA) is 24.7 Å². The average Bonchev–Trinajstić information content (AvgIpc) is 3.22. The van der Waals surface area contributed by atoms with E-state index in [2.05, 4.69) is 35.4 Å². The minimum atomic E-state index is 0.514. The van der Waals surface area contributed by atoms with Crippen LogP contribution in [0.2, 0.25) is 0 Å². The highest BCUT2D eigenvalue weighted by Crippen LogP contribution is 2.50. The van der Waals surface area contributed by atoms with Gasteiger partial charge in [-0.3, -0.25) is 0 Å². The van der Waals surface area contributed by atoms with Crippen molar-refractivity contribution < 1.29 is 0 Å². The van der Waals surface area contributed by atoms with E-state index in [1.165, 1.54) is 17.5 Å². The summed E-state index contributed by atoms with van der Waals surface area (Å²) in [7, 11) is 0. The van der Waals surface area contributed by atoms with Crippen molar-refractivity contribution in [3.8, 4) is 0 Å². The molecule has 1 aromatic carbocycles. The van der Waals surface area contributed by atoms with Crippen molar-refractivity contribution in [2.75, 3.05) is 0 Å². The van der Waals surface area contributed by atoms with E-state index in [9.17, 15) is 0 Å². The molecule has 1 aliphatic heterocycles. The molecular weight excluding hydrogens is 208 g/mol. The van der Waals surface area contributed by atoms with Crippen molar-refractivity contribution >= 4 is 5.69 Å². The summed E-state index contributed by atoms with van der Waals surface area (Å²) in [5.41, 5.74) is 3.88. The number of fused-ring (bicyclic) bond motifs is 3. The molecule has 0 spiro atoms. The van der Waals surface area contributed by atoms with Gasteiger partial charge < -0.3 is 0 Å². The second-order valence-electron chi connectivity index (χ2n) is 3.87. The molecular formula is C15H24N2. The molecule has 3 rings (SSSR count). The molecule has 94 valence electrons. The van der Waals surface area contributed by atoms with Gasteiger partial charge in [0.2, 0.25) is 0 Å². The van der Waals surface area contributed by atoms with Crippen LogP contribution in [0.4, 0.5) is 5.69 Å². The molecule has 0 amide bonds. The third-order valence-electron chi connectivity index (χ3n) is 2.97. The number of benzene rings is 1. The Morgan fingerprint density at radius 3 is 2.53 bits per heavy atom. The van der Waals surface area contributed by atoms with Gasteiger partial charge in [-0.25, -0.2) is 0 Å². The molecule has 1 aliphatic carbocycles.